The van der Waals surface area contributed by atoms with E-state index in [-0.39, 0.29) is 18.1 Å². The Morgan fingerprint density at radius 2 is 2.05 bits per heavy atom. The largest absolute Gasteiger partial charge is 0.492 e. The molecule has 4 nitrogen and oxygen atoms in total. The average molecular weight is 296 g/mol. The van der Waals surface area contributed by atoms with Crippen molar-refractivity contribution in [3.8, 4) is 17.6 Å². The number of hydrogen-bond acceptors (Lipinski definition) is 4. The van der Waals surface area contributed by atoms with E-state index in [0.717, 1.165) is 5.56 Å². The third-order valence-corrected chi connectivity index (χ3v) is 4.43. The fourth-order valence-electron chi connectivity index (χ4n) is 1.51. The van der Waals surface area contributed by atoms with Crippen LogP contribution in [0.2, 0.25) is 0 Å². The van der Waals surface area contributed by atoms with Gasteiger partial charge in [-0.3, -0.25) is 0 Å². The Balaban J connectivity index is 2.54. The molecule has 0 fully saturated rings. The molecule has 0 aromatic heterocycles. The van der Waals surface area contributed by atoms with Gasteiger partial charge in [0.1, 0.15) is 15.6 Å². The van der Waals surface area contributed by atoms with Crippen LogP contribution >= 0.6 is 0 Å². The number of aliphatic hydroxyl groups excluding tert-OH is 1. The van der Waals surface area contributed by atoms with E-state index in [0.29, 0.717) is 25.2 Å². The summed E-state index contributed by atoms with van der Waals surface area (Å²) in [6, 6.07) is 7.34. The lowest BCUT2D eigenvalue weighted by molar-refractivity contribution is 0.305. The van der Waals surface area contributed by atoms with E-state index in [1.54, 1.807) is 13.0 Å². The van der Waals surface area contributed by atoms with E-state index in [1.807, 2.05) is 18.2 Å². The van der Waals surface area contributed by atoms with Crippen LogP contribution in [0, 0.1) is 11.8 Å². The van der Waals surface area contributed by atoms with E-state index in [4.69, 9.17) is 9.84 Å². The molecule has 0 radical (unpaired) electrons. The molecule has 0 unspecified atom stereocenters. The second-order valence-electron chi connectivity index (χ2n) is 4.21. The second-order valence-corrected chi connectivity index (χ2v) is 6.68. The van der Waals surface area contributed by atoms with E-state index < -0.39 is 9.84 Å². The van der Waals surface area contributed by atoms with Gasteiger partial charge in [0.25, 0.3) is 0 Å². The fourth-order valence-corrected chi connectivity index (χ4v) is 2.36. The van der Waals surface area contributed by atoms with Crippen molar-refractivity contribution in [3.63, 3.8) is 0 Å². The van der Waals surface area contributed by atoms with Gasteiger partial charge in [0.2, 0.25) is 0 Å². The van der Waals surface area contributed by atoms with Gasteiger partial charge in [-0.25, -0.2) is 8.42 Å². The normalized spacial score (nSPS) is 10.7. The van der Waals surface area contributed by atoms with Crippen molar-refractivity contribution in [2.45, 2.75) is 19.8 Å². The summed E-state index contributed by atoms with van der Waals surface area (Å²) in [5, 5.41) is 8.70. The highest BCUT2D eigenvalue weighted by molar-refractivity contribution is 7.91. The summed E-state index contributed by atoms with van der Waals surface area (Å²) < 4.78 is 28.3. The molecule has 110 valence electrons. The van der Waals surface area contributed by atoms with E-state index in [1.165, 1.54) is 0 Å². The summed E-state index contributed by atoms with van der Waals surface area (Å²) in [6.45, 7) is 2.02. The molecule has 0 saturated carbocycles. The van der Waals surface area contributed by atoms with Gasteiger partial charge in [0, 0.05) is 12.2 Å². The molecule has 0 aliphatic carbocycles. The summed E-state index contributed by atoms with van der Waals surface area (Å²) in [6.07, 6.45) is 0.887. The highest BCUT2D eigenvalue weighted by atomic mass is 32.2. The monoisotopic (exact) mass is 296 g/mol. The SMILES string of the molecule is CCS(=O)(=O)CCCOc1ccccc1C#CCCO. The van der Waals surface area contributed by atoms with E-state index in [2.05, 4.69) is 11.8 Å². The minimum Gasteiger partial charge on any atom is -0.492 e. The zero-order chi connectivity index (χ0) is 14.8. The maximum Gasteiger partial charge on any atom is 0.150 e. The number of sulfone groups is 1. The fraction of sp³-hybridized carbons (Fsp3) is 0.467. The Labute approximate surface area is 120 Å². The van der Waals surface area contributed by atoms with Crippen molar-refractivity contribution in [2.75, 3.05) is 24.7 Å². The number of benzene rings is 1. The first-order chi connectivity index (χ1) is 9.59. The zero-order valence-electron chi connectivity index (χ0n) is 11.6. The number of rotatable bonds is 7. The Hall–Kier alpha value is -1.51. The van der Waals surface area contributed by atoms with Gasteiger partial charge in [-0.1, -0.05) is 30.9 Å². The van der Waals surface area contributed by atoms with Crippen LogP contribution in [0.3, 0.4) is 0 Å². The molecule has 1 aromatic rings. The summed E-state index contributed by atoms with van der Waals surface area (Å²) in [4.78, 5) is 0. The number of para-hydroxylation sites is 1. The van der Waals surface area contributed by atoms with Crippen LogP contribution in [0.25, 0.3) is 0 Å². The van der Waals surface area contributed by atoms with Gasteiger partial charge in [-0.2, -0.15) is 0 Å². The lowest BCUT2D eigenvalue weighted by atomic mass is 10.2. The first-order valence-electron chi connectivity index (χ1n) is 6.61. The third kappa shape index (κ3) is 6.09. The van der Waals surface area contributed by atoms with Crippen molar-refractivity contribution in [3.05, 3.63) is 29.8 Å². The Morgan fingerprint density at radius 3 is 2.75 bits per heavy atom. The Kier molecular flexibility index (Phi) is 7.13. The van der Waals surface area contributed by atoms with Gasteiger partial charge in [-0.05, 0) is 18.6 Å². The minimum atomic E-state index is -2.94. The lowest BCUT2D eigenvalue weighted by Gasteiger charge is -2.08. The van der Waals surface area contributed by atoms with Crippen molar-refractivity contribution in [1.82, 2.24) is 0 Å². The van der Waals surface area contributed by atoms with E-state index in [9.17, 15) is 8.42 Å². The topological polar surface area (TPSA) is 63.6 Å². The molecule has 20 heavy (non-hydrogen) atoms. The van der Waals surface area contributed by atoms with Crippen molar-refractivity contribution in [2.24, 2.45) is 0 Å². The molecule has 0 atom stereocenters. The summed E-state index contributed by atoms with van der Waals surface area (Å²) in [7, 11) is -2.94. The first kappa shape index (κ1) is 16.5. The maximum absolute atomic E-state index is 11.4. The van der Waals surface area contributed by atoms with Crippen molar-refractivity contribution in [1.29, 1.82) is 0 Å². The number of aliphatic hydroxyl groups is 1. The van der Waals surface area contributed by atoms with Gasteiger partial charge < -0.3 is 9.84 Å². The first-order valence-corrected chi connectivity index (χ1v) is 8.43. The van der Waals surface area contributed by atoms with Crippen LogP contribution in [-0.2, 0) is 9.84 Å². The van der Waals surface area contributed by atoms with Crippen LogP contribution in [-0.4, -0.2) is 38.2 Å². The van der Waals surface area contributed by atoms with E-state index >= 15 is 0 Å². The van der Waals surface area contributed by atoms with Gasteiger partial charge in [0.05, 0.1) is 24.5 Å². The molecular weight excluding hydrogens is 276 g/mol. The second kappa shape index (κ2) is 8.62. The van der Waals surface area contributed by atoms with Crippen molar-refractivity contribution >= 4 is 9.84 Å². The van der Waals surface area contributed by atoms with Gasteiger partial charge in [-0.15, -0.1) is 0 Å². The summed E-state index contributed by atoms with van der Waals surface area (Å²) in [5.41, 5.74) is 0.749. The molecule has 0 saturated heterocycles. The van der Waals surface area contributed by atoms with Crippen molar-refractivity contribution < 1.29 is 18.3 Å². The van der Waals surface area contributed by atoms with Crippen LogP contribution in [0.4, 0.5) is 0 Å². The smallest absolute Gasteiger partial charge is 0.150 e. The molecular formula is C15H20O4S. The predicted molar refractivity (Wildman–Crippen MR) is 79.5 cm³/mol. The highest BCUT2D eigenvalue weighted by Gasteiger charge is 2.07. The quantitative estimate of drug-likeness (QED) is 0.613. The Morgan fingerprint density at radius 1 is 1.30 bits per heavy atom. The summed E-state index contributed by atoms with van der Waals surface area (Å²) in [5.74, 6) is 6.72. The van der Waals surface area contributed by atoms with Gasteiger partial charge in [0.15, 0.2) is 0 Å². The molecule has 1 rings (SSSR count). The third-order valence-electron chi connectivity index (χ3n) is 2.64. The average Bonchev–Trinajstić information content (AvgIpc) is 2.45. The molecule has 1 aromatic carbocycles. The molecule has 0 amide bonds. The molecule has 0 heterocycles. The standard InChI is InChI=1S/C15H20O4S/c1-2-20(17,18)13-7-12-19-15-10-4-3-8-14(15)9-5-6-11-16/h3-4,8,10,16H,2,6-7,11-13H2,1H3. The van der Waals surface area contributed by atoms with Gasteiger partial charge >= 0.3 is 0 Å². The molecule has 1 N–H and O–H groups in total. The van der Waals surface area contributed by atoms with Crippen LogP contribution in [0.1, 0.15) is 25.3 Å². The molecule has 0 spiro atoms. The molecule has 0 aliphatic rings. The maximum atomic E-state index is 11.4. The van der Waals surface area contributed by atoms with Crippen LogP contribution in [0.5, 0.6) is 5.75 Å². The molecule has 0 aliphatic heterocycles. The molecule has 0 bridgehead atoms. The molecule has 5 heteroatoms. The number of hydrogen-bond donors (Lipinski definition) is 1. The zero-order valence-corrected chi connectivity index (χ0v) is 12.4. The minimum absolute atomic E-state index is 0.0326. The highest BCUT2D eigenvalue weighted by Crippen LogP contribution is 2.17. The predicted octanol–water partition coefficient (Wildman–Crippen LogP) is 1.62. The lowest BCUT2D eigenvalue weighted by Crippen LogP contribution is -2.12. The van der Waals surface area contributed by atoms with Crippen LogP contribution in [0.15, 0.2) is 24.3 Å². The number of ether oxygens (including phenoxy) is 1. The summed E-state index contributed by atoms with van der Waals surface area (Å²) >= 11 is 0. The van der Waals surface area contributed by atoms with Crippen LogP contribution < -0.4 is 4.74 Å². The Bertz CT molecular complexity index is 567.